The Morgan fingerprint density at radius 3 is 2.74 bits per heavy atom. The molecule has 1 aliphatic rings. The molecule has 1 N–H and O–H groups in total. The van der Waals surface area contributed by atoms with Crippen LogP contribution in [0.4, 0.5) is 11.6 Å². The molecule has 2 aromatic rings. The highest BCUT2D eigenvalue weighted by molar-refractivity contribution is 8.18. The SMILES string of the molecule is CCOc1ccc(N=C2NC(=O)/C(=C/C=C/c3ccc([N+](=O)[O-])o3)S2)cc1. The highest BCUT2D eigenvalue weighted by Gasteiger charge is 2.23. The number of hydrogen-bond acceptors (Lipinski definition) is 7. The lowest BCUT2D eigenvalue weighted by Crippen LogP contribution is -2.19. The third-order valence-corrected chi connectivity index (χ3v) is 4.26. The molecule has 0 radical (unpaired) electrons. The third kappa shape index (κ3) is 4.85. The lowest BCUT2D eigenvalue weighted by atomic mass is 10.3. The average Bonchev–Trinajstić information content (AvgIpc) is 3.24. The van der Waals surface area contributed by atoms with E-state index < -0.39 is 4.92 Å². The monoisotopic (exact) mass is 385 g/mol. The first kappa shape index (κ1) is 18.5. The summed E-state index contributed by atoms with van der Waals surface area (Å²) in [5.41, 5.74) is 0.695. The number of ether oxygens (including phenoxy) is 1. The Labute approximate surface area is 158 Å². The molecule has 1 amide bonds. The van der Waals surface area contributed by atoms with Crippen molar-refractivity contribution in [3.05, 3.63) is 69.3 Å². The molecule has 138 valence electrons. The van der Waals surface area contributed by atoms with Gasteiger partial charge < -0.3 is 14.5 Å². The first-order valence-electron chi connectivity index (χ1n) is 7.98. The predicted molar refractivity (Wildman–Crippen MR) is 103 cm³/mol. The Hall–Kier alpha value is -3.33. The van der Waals surface area contributed by atoms with E-state index in [9.17, 15) is 14.9 Å². The molecule has 1 aliphatic heterocycles. The summed E-state index contributed by atoms with van der Waals surface area (Å²) >= 11 is 1.20. The van der Waals surface area contributed by atoms with Crippen LogP contribution in [0.3, 0.4) is 0 Å². The normalized spacial score (nSPS) is 17.0. The van der Waals surface area contributed by atoms with Gasteiger partial charge in [0.05, 0.1) is 23.3 Å². The number of rotatable bonds is 6. The molecule has 9 heteroatoms. The van der Waals surface area contributed by atoms with Crippen molar-refractivity contribution in [2.24, 2.45) is 4.99 Å². The van der Waals surface area contributed by atoms with E-state index in [2.05, 4.69) is 10.3 Å². The molecule has 3 rings (SSSR count). The van der Waals surface area contributed by atoms with Crippen molar-refractivity contribution in [1.82, 2.24) is 5.32 Å². The number of amides is 1. The van der Waals surface area contributed by atoms with Crippen LogP contribution >= 0.6 is 11.8 Å². The molecule has 0 bridgehead atoms. The third-order valence-electron chi connectivity index (χ3n) is 3.33. The van der Waals surface area contributed by atoms with Gasteiger partial charge in [0.2, 0.25) is 0 Å². The number of furan rings is 1. The van der Waals surface area contributed by atoms with E-state index in [1.54, 1.807) is 24.3 Å². The van der Waals surface area contributed by atoms with Gasteiger partial charge in [-0.15, -0.1) is 0 Å². The van der Waals surface area contributed by atoms with Crippen LogP contribution in [0.5, 0.6) is 5.75 Å². The van der Waals surface area contributed by atoms with Crippen molar-refractivity contribution < 1.29 is 18.9 Å². The number of nitro groups is 1. The maximum Gasteiger partial charge on any atom is 0.433 e. The first-order valence-corrected chi connectivity index (χ1v) is 8.80. The number of nitrogens with zero attached hydrogens (tertiary/aromatic N) is 2. The highest BCUT2D eigenvalue weighted by Crippen LogP contribution is 2.27. The molecule has 1 aromatic heterocycles. The van der Waals surface area contributed by atoms with Crippen molar-refractivity contribution in [3.8, 4) is 5.75 Å². The van der Waals surface area contributed by atoms with Crippen LogP contribution in [0, 0.1) is 10.1 Å². The Morgan fingerprint density at radius 1 is 1.30 bits per heavy atom. The Morgan fingerprint density at radius 2 is 2.07 bits per heavy atom. The van der Waals surface area contributed by atoms with E-state index in [1.165, 1.54) is 30.0 Å². The summed E-state index contributed by atoms with van der Waals surface area (Å²) in [6.07, 6.45) is 4.72. The fraction of sp³-hybridized carbons (Fsp3) is 0.111. The van der Waals surface area contributed by atoms with Crippen LogP contribution in [-0.4, -0.2) is 22.6 Å². The molecule has 27 heavy (non-hydrogen) atoms. The zero-order valence-corrected chi connectivity index (χ0v) is 15.1. The van der Waals surface area contributed by atoms with Gasteiger partial charge in [-0.25, -0.2) is 4.99 Å². The number of thioether (sulfide) groups is 1. The molecule has 0 unspecified atom stereocenters. The van der Waals surface area contributed by atoms with Crippen molar-refractivity contribution in [1.29, 1.82) is 0 Å². The van der Waals surface area contributed by atoms with E-state index >= 15 is 0 Å². The Bertz CT molecular complexity index is 944. The zero-order valence-electron chi connectivity index (χ0n) is 14.2. The average molecular weight is 385 g/mol. The lowest BCUT2D eigenvalue weighted by Gasteiger charge is -2.02. The van der Waals surface area contributed by atoms with Gasteiger partial charge in [0.25, 0.3) is 5.91 Å². The van der Waals surface area contributed by atoms with E-state index in [1.807, 2.05) is 19.1 Å². The summed E-state index contributed by atoms with van der Waals surface area (Å²) in [6, 6.07) is 9.98. The smallest absolute Gasteiger partial charge is 0.433 e. The van der Waals surface area contributed by atoms with Gasteiger partial charge in [0.1, 0.15) is 16.4 Å². The van der Waals surface area contributed by atoms with E-state index in [0.717, 1.165) is 5.75 Å². The fourth-order valence-electron chi connectivity index (χ4n) is 2.16. The van der Waals surface area contributed by atoms with Crippen LogP contribution in [-0.2, 0) is 4.79 Å². The van der Waals surface area contributed by atoms with Crippen molar-refractivity contribution in [2.45, 2.75) is 6.92 Å². The maximum absolute atomic E-state index is 12.0. The second-order valence-corrected chi connectivity index (χ2v) is 6.25. The molecule has 8 nitrogen and oxygen atoms in total. The maximum atomic E-state index is 12.0. The predicted octanol–water partition coefficient (Wildman–Crippen LogP) is 4.03. The van der Waals surface area contributed by atoms with Crippen LogP contribution in [0.2, 0.25) is 0 Å². The summed E-state index contributed by atoms with van der Waals surface area (Å²) in [5, 5.41) is 13.7. The largest absolute Gasteiger partial charge is 0.494 e. The Kier molecular flexibility index (Phi) is 5.72. The minimum Gasteiger partial charge on any atom is -0.494 e. The van der Waals surface area contributed by atoms with Gasteiger partial charge in [-0.1, -0.05) is 6.08 Å². The molecule has 1 fully saturated rings. The van der Waals surface area contributed by atoms with Gasteiger partial charge in [0.15, 0.2) is 5.17 Å². The molecule has 0 atom stereocenters. The molecule has 0 saturated carbocycles. The molecular formula is C18H15N3O5S. The highest BCUT2D eigenvalue weighted by atomic mass is 32.2. The summed E-state index contributed by atoms with van der Waals surface area (Å²) in [6.45, 7) is 2.50. The van der Waals surface area contributed by atoms with Gasteiger partial charge in [0, 0.05) is 0 Å². The summed E-state index contributed by atoms with van der Waals surface area (Å²) in [4.78, 5) is 26.8. The summed E-state index contributed by atoms with van der Waals surface area (Å²) in [7, 11) is 0. The van der Waals surface area contributed by atoms with Crippen molar-refractivity contribution in [3.63, 3.8) is 0 Å². The molecular weight excluding hydrogens is 370 g/mol. The molecule has 0 aliphatic carbocycles. The summed E-state index contributed by atoms with van der Waals surface area (Å²) in [5.74, 6) is 0.485. The van der Waals surface area contributed by atoms with E-state index in [4.69, 9.17) is 9.15 Å². The number of aliphatic imine (C=N–C) groups is 1. The van der Waals surface area contributed by atoms with Crippen LogP contribution in [0.25, 0.3) is 6.08 Å². The molecule has 2 heterocycles. The van der Waals surface area contributed by atoms with Crippen molar-refractivity contribution >= 4 is 40.5 Å². The number of carbonyl (C=O) groups excluding carboxylic acids is 1. The topological polar surface area (TPSA) is 107 Å². The second kappa shape index (κ2) is 8.37. The first-order chi connectivity index (χ1) is 13.0. The standard InChI is InChI=1S/C18H15N3O5S/c1-2-25-13-8-6-12(7-9-13)19-18-20-17(22)15(27-18)5-3-4-14-10-11-16(26-14)21(23)24/h3-11H,2H2,1H3,(H,19,20,22)/b4-3+,15-5-. The van der Waals surface area contributed by atoms with E-state index in [-0.39, 0.29) is 11.8 Å². The minimum atomic E-state index is -0.611. The van der Waals surface area contributed by atoms with Crippen LogP contribution < -0.4 is 10.1 Å². The number of hydrogen-bond donors (Lipinski definition) is 1. The molecule has 1 saturated heterocycles. The van der Waals surface area contributed by atoms with Crippen LogP contribution in [0.15, 0.2) is 62.9 Å². The number of nitrogens with one attached hydrogen (secondary N) is 1. The minimum absolute atomic E-state index is 0.264. The van der Waals surface area contributed by atoms with Gasteiger partial charge in [-0.3, -0.25) is 14.9 Å². The second-order valence-electron chi connectivity index (χ2n) is 5.22. The molecule has 1 aromatic carbocycles. The zero-order chi connectivity index (χ0) is 19.2. The van der Waals surface area contributed by atoms with Gasteiger partial charge >= 0.3 is 5.88 Å². The lowest BCUT2D eigenvalue weighted by molar-refractivity contribution is -0.402. The van der Waals surface area contributed by atoms with Gasteiger partial charge in [-0.05, 0) is 61.2 Å². The number of carbonyl (C=O) groups is 1. The number of allylic oxidation sites excluding steroid dienone is 2. The quantitative estimate of drug-likeness (QED) is 0.457. The van der Waals surface area contributed by atoms with Crippen molar-refractivity contribution in [2.75, 3.05) is 6.61 Å². The fourth-order valence-corrected chi connectivity index (χ4v) is 2.95. The molecule has 0 spiro atoms. The number of benzene rings is 1. The van der Waals surface area contributed by atoms with Gasteiger partial charge in [-0.2, -0.15) is 0 Å². The summed E-state index contributed by atoms with van der Waals surface area (Å²) < 4.78 is 10.4. The Balaban J connectivity index is 1.66. The van der Waals surface area contributed by atoms with Crippen LogP contribution in [0.1, 0.15) is 12.7 Å². The van der Waals surface area contributed by atoms with E-state index in [0.29, 0.717) is 28.1 Å². The number of amidine groups is 1.